The molecule has 0 aromatic carbocycles. The second kappa shape index (κ2) is 5.62. The fourth-order valence-electron chi connectivity index (χ4n) is 1.92. The van der Waals surface area contributed by atoms with Crippen LogP contribution < -0.4 is 5.32 Å². The van der Waals surface area contributed by atoms with E-state index < -0.39 is 0 Å². The van der Waals surface area contributed by atoms with Crippen LogP contribution in [0.4, 0.5) is 5.82 Å². The fourth-order valence-corrected chi connectivity index (χ4v) is 1.92. The van der Waals surface area contributed by atoms with Gasteiger partial charge in [0.05, 0.1) is 6.54 Å². The van der Waals surface area contributed by atoms with Crippen LogP contribution in [0.25, 0.3) is 0 Å². The van der Waals surface area contributed by atoms with Crippen molar-refractivity contribution in [3.8, 4) is 0 Å². The Morgan fingerprint density at radius 1 is 1.33 bits per heavy atom. The van der Waals surface area contributed by atoms with Crippen molar-refractivity contribution in [2.75, 3.05) is 5.32 Å². The van der Waals surface area contributed by atoms with E-state index in [-0.39, 0.29) is 11.7 Å². The number of nitrogens with one attached hydrogen (secondary N) is 1. The first kappa shape index (κ1) is 13.1. The zero-order valence-corrected chi connectivity index (χ0v) is 11.5. The van der Waals surface area contributed by atoms with Crippen molar-refractivity contribution in [3.63, 3.8) is 0 Å². The molecule has 0 radical (unpaired) electrons. The molecule has 0 aliphatic heterocycles. The van der Waals surface area contributed by atoms with E-state index in [2.05, 4.69) is 15.4 Å². The number of hydrogen-bond donors (Lipinski definition) is 1. The van der Waals surface area contributed by atoms with Gasteiger partial charge in [-0.3, -0.25) is 9.48 Å². The van der Waals surface area contributed by atoms with Crippen molar-refractivity contribution in [1.82, 2.24) is 14.8 Å². The summed E-state index contributed by atoms with van der Waals surface area (Å²) in [6.07, 6.45) is 5.18. The standard InChI is InChI=1S/C15H14N4O2/c1-11-5-7-16-14(9-11)18-15(20)13-4-3-12(21-13)10-19-8-2-6-17-19/h2-9H,10H2,1H3,(H,16,18,20). The van der Waals surface area contributed by atoms with Crippen molar-refractivity contribution in [2.45, 2.75) is 13.5 Å². The third-order valence-corrected chi connectivity index (χ3v) is 2.92. The Balaban J connectivity index is 1.69. The van der Waals surface area contributed by atoms with Crippen LogP contribution in [-0.2, 0) is 6.54 Å². The van der Waals surface area contributed by atoms with Gasteiger partial charge in [-0.05, 0) is 42.8 Å². The van der Waals surface area contributed by atoms with E-state index in [1.54, 1.807) is 35.3 Å². The molecular formula is C15H14N4O2. The maximum atomic E-state index is 12.1. The lowest BCUT2D eigenvalue weighted by Crippen LogP contribution is -2.12. The Bertz CT molecular complexity index is 747. The molecule has 0 atom stereocenters. The highest BCUT2D eigenvalue weighted by Gasteiger charge is 2.12. The smallest absolute Gasteiger partial charge is 0.292 e. The molecule has 0 saturated heterocycles. The molecule has 0 bridgehead atoms. The van der Waals surface area contributed by atoms with Crippen LogP contribution >= 0.6 is 0 Å². The van der Waals surface area contributed by atoms with Gasteiger partial charge < -0.3 is 9.73 Å². The summed E-state index contributed by atoms with van der Waals surface area (Å²) in [5, 5.41) is 6.79. The molecule has 6 heteroatoms. The quantitative estimate of drug-likeness (QED) is 0.798. The van der Waals surface area contributed by atoms with Gasteiger partial charge in [-0.1, -0.05) is 0 Å². The van der Waals surface area contributed by atoms with Gasteiger partial charge in [-0.25, -0.2) is 4.98 Å². The number of rotatable bonds is 4. The number of carbonyl (C=O) groups is 1. The fraction of sp³-hybridized carbons (Fsp3) is 0.133. The largest absolute Gasteiger partial charge is 0.454 e. The Morgan fingerprint density at radius 2 is 2.24 bits per heavy atom. The number of anilines is 1. The van der Waals surface area contributed by atoms with Gasteiger partial charge >= 0.3 is 0 Å². The van der Waals surface area contributed by atoms with Crippen LogP contribution in [0, 0.1) is 6.92 Å². The van der Waals surface area contributed by atoms with E-state index in [4.69, 9.17) is 4.42 Å². The van der Waals surface area contributed by atoms with Crippen molar-refractivity contribution in [3.05, 3.63) is 66.0 Å². The Labute approximate surface area is 121 Å². The lowest BCUT2D eigenvalue weighted by Gasteiger charge is -2.03. The SMILES string of the molecule is Cc1ccnc(NC(=O)c2ccc(Cn3cccn3)o2)c1. The third-order valence-electron chi connectivity index (χ3n) is 2.92. The highest BCUT2D eigenvalue weighted by molar-refractivity contribution is 6.01. The molecule has 21 heavy (non-hydrogen) atoms. The topological polar surface area (TPSA) is 73.0 Å². The Kier molecular flexibility index (Phi) is 3.51. The summed E-state index contributed by atoms with van der Waals surface area (Å²) in [6.45, 7) is 2.43. The third kappa shape index (κ3) is 3.17. The molecule has 1 amide bonds. The van der Waals surface area contributed by atoms with Crippen LogP contribution in [0.3, 0.4) is 0 Å². The number of hydrogen-bond acceptors (Lipinski definition) is 4. The highest BCUT2D eigenvalue weighted by Crippen LogP contribution is 2.12. The Hall–Kier alpha value is -2.89. The monoisotopic (exact) mass is 282 g/mol. The molecule has 106 valence electrons. The van der Waals surface area contributed by atoms with Crippen molar-refractivity contribution in [1.29, 1.82) is 0 Å². The van der Waals surface area contributed by atoms with Gasteiger partial charge in [0.25, 0.3) is 5.91 Å². The zero-order valence-electron chi connectivity index (χ0n) is 11.5. The number of carbonyl (C=O) groups excluding carboxylic acids is 1. The summed E-state index contributed by atoms with van der Waals surface area (Å²) in [4.78, 5) is 16.2. The summed E-state index contributed by atoms with van der Waals surface area (Å²) in [5.74, 6) is 1.10. The molecule has 3 aromatic rings. The van der Waals surface area contributed by atoms with Gasteiger partial charge in [0.1, 0.15) is 11.6 Å². The number of nitrogens with zero attached hydrogens (tertiary/aromatic N) is 3. The predicted molar refractivity (Wildman–Crippen MR) is 77.0 cm³/mol. The molecule has 0 saturated carbocycles. The summed E-state index contributed by atoms with van der Waals surface area (Å²) < 4.78 is 7.25. The molecule has 0 aliphatic carbocycles. The minimum atomic E-state index is -0.320. The van der Waals surface area contributed by atoms with Crippen LogP contribution in [0.5, 0.6) is 0 Å². The summed E-state index contributed by atoms with van der Waals surface area (Å²) in [6, 6.07) is 8.90. The van der Waals surface area contributed by atoms with Crippen molar-refractivity contribution in [2.24, 2.45) is 0 Å². The van der Waals surface area contributed by atoms with E-state index in [9.17, 15) is 4.79 Å². The molecule has 6 nitrogen and oxygen atoms in total. The van der Waals surface area contributed by atoms with E-state index >= 15 is 0 Å². The average molecular weight is 282 g/mol. The van der Waals surface area contributed by atoms with E-state index in [1.807, 2.05) is 25.3 Å². The molecule has 3 aromatic heterocycles. The van der Waals surface area contributed by atoms with Gasteiger partial charge in [-0.2, -0.15) is 5.10 Å². The van der Waals surface area contributed by atoms with Gasteiger partial charge in [0.15, 0.2) is 5.76 Å². The first-order valence-electron chi connectivity index (χ1n) is 6.51. The van der Waals surface area contributed by atoms with E-state index in [1.165, 1.54) is 0 Å². The number of aromatic nitrogens is 3. The lowest BCUT2D eigenvalue weighted by atomic mass is 10.3. The lowest BCUT2D eigenvalue weighted by molar-refractivity contribution is 0.0994. The predicted octanol–water partition coefficient (Wildman–Crippen LogP) is 2.48. The molecule has 0 aliphatic rings. The summed E-state index contributed by atoms with van der Waals surface area (Å²) in [7, 11) is 0. The summed E-state index contributed by atoms with van der Waals surface area (Å²) >= 11 is 0. The normalized spacial score (nSPS) is 10.5. The van der Waals surface area contributed by atoms with Gasteiger partial charge in [0.2, 0.25) is 0 Å². The number of furan rings is 1. The molecule has 0 spiro atoms. The van der Waals surface area contributed by atoms with Crippen LogP contribution in [0.15, 0.2) is 53.3 Å². The first-order chi connectivity index (χ1) is 10.2. The van der Waals surface area contributed by atoms with Crippen molar-refractivity contribution < 1.29 is 9.21 Å². The molecule has 1 N–H and O–H groups in total. The minimum absolute atomic E-state index is 0.250. The molecule has 0 fully saturated rings. The second-order valence-electron chi connectivity index (χ2n) is 4.64. The minimum Gasteiger partial charge on any atom is -0.454 e. The van der Waals surface area contributed by atoms with E-state index in [0.717, 1.165) is 5.56 Å². The van der Waals surface area contributed by atoms with Crippen LogP contribution in [-0.4, -0.2) is 20.7 Å². The Morgan fingerprint density at radius 3 is 3.00 bits per heavy atom. The molecule has 3 rings (SSSR count). The summed E-state index contributed by atoms with van der Waals surface area (Å²) in [5.41, 5.74) is 1.03. The average Bonchev–Trinajstić information content (AvgIpc) is 3.11. The first-order valence-corrected chi connectivity index (χ1v) is 6.51. The van der Waals surface area contributed by atoms with E-state index in [0.29, 0.717) is 18.1 Å². The number of aryl methyl sites for hydroxylation is 1. The maximum Gasteiger partial charge on any atom is 0.292 e. The second-order valence-corrected chi connectivity index (χ2v) is 4.64. The van der Waals surface area contributed by atoms with Crippen molar-refractivity contribution >= 4 is 11.7 Å². The molecular weight excluding hydrogens is 268 g/mol. The van der Waals surface area contributed by atoms with Gasteiger partial charge in [0, 0.05) is 18.6 Å². The highest BCUT2D eigenvalue weighted by atomic mass is 16.4. The maximum absolute atomic E-state index is 12.1. The number of amides is 1. The molecule has 3 heterocycles. The van der Waals surface area contributed by atoms with Gasteiger partial charge in [-0.15, -0.1) is 0 Å². The molecule has 0 unspecified atom stereocenters. The number of pyridine rings is 1. The van der Waals surface area contributed by atoms with Crippen LogP contribution in [0.2, 0.25) is 0 Å². The van der Waals surface area contributed by atoms with Crippen LogP contribution in [0.1, 0.15) is 21.9 Å². The zero-order chi connectivity index (χ0) is 14.7.